The fourth-order valence-corrected chi connectivity index (χ4v) is 2.91. The lowest BCUT2D eigenvalue weighted by molar-refractivity contribution is 0.271. The van der Waals surface area contributed by atoms with E-state index in [2.05, 4.69) is 6.92 Å². The number of benzene rings is 1. The summed E-state index contributed by atoms with van der Waals surface area (Å²) < 4.78 is 22.1. The number of para-hydroxylation sites is 1. The van der Waals surface area contributed by atoms with E-state index in [0.29, 0.717) is 12.4 Å². The lowest BCUT2D eigenvalue weighted by Gasteiger charge is -2.12. The summed E-state index contributed by atoms with van der Waals surface area (Å²) in [7, 11) is 0. The largest absolute Gasteiger partial charge is 0.476 e. The zero-order valence-electron chi connectivity index (χ0n) is 11.4. The Hall–Kier alpha value is -0.500. The Kier molecular flexibility index (Phi) is 8.20. The monoisotopic (exact) mass is 304 g/mol. The van der Waals surface area contributed by atoms with Crippen molar-refractivity contribution in [2.75, 3.05) is 6.61 Å². The lowest BCUT2D eigenvalue weighted by atomic mass is 10.1. The van der Waals surface area contributed by atoms with E-state index >= 15 is 0 Å². The quantitative estimate of drug-likeness (QED) is 0.405. The second-order valence-corrected chi connectivity index (χ2v) is 6.98. The Balaban J connectivity index is 2.15. The summed E-state index contributed by atoms with van der Waals surface area (Å²) >= 11 is 5.74. The molecule has 1 atom stereocenters. The average molecular weight is 305 g/mol. The summed E-state index contributed by atoms with van der Waals surface area (Å²) in [4.78, 5) is 0. The maximum atomic E-state index is 11.8. The van der Waals surface area contributed by atoms with E-state index in [1.807, 2.05) is 6.07 Å². The van der Waals surface area contributed by atoms with Crippen molar-refractivity contribution in [1.29, 1.82) is 0 Å². The molecule has 0 aromatic heterocycles. The zero-order chi connectivity index (χ0) is 14.0. The van der Waals surface area contributed by atoms with Crippen molar-refractivity contribution in [2.24, 2.45) is 0 Å². The molecule has 1 unspecified atom stereocenters. The summed E-state index contributed by atoms with van der Waals surface area (Å²) in [5.41, 5.74) is 0. The van der Waals surface area contributed by atoms with Gasteiger partial charge in [-0.05, 0) is 18.6 Å². The molecule has 0 aliphatic heterocycles. The summed E-state index contributed by atoms with van der Waals surface area (Å²) in [6, 6.07) is 8.83. The van der Waals surface area contributed by atoms with Gasteiger partial charge in [-0.3, -0.25) is 4.52 Å². The van der Waals surface area contributed by atoms with Gasteiger partial charge in [0.1, 0.15) is 5.75 Å². The molecule has 0 aliphatic rings. The normalized spacial score (nSPS) is 14.0. The Bertz CT molecular complexity index is 384. The van der Waals surface area contributed by atoms with E-state index in [1.165, 1.54) is 25.7 Å². The van der Waals surface area contributed by atoms with Crippen LogP contribution in [-0.4, -0.2) is 6.61 Å². The Morgan fingerprint density at radius 3 is 2.37 bits per heavy atom. The van der Waals surface area contributed by atoms with Crippen molar-refractivity contribution in [3.05, 3.63) is 30.3 Å². The third-order valence-corrected chi connectivity index (χ3v) is 4.12. The van der Waals surface area contributed by atoms with E-state index in [0.717, 1.165) is 12.8 Å². The van der Waals surface area contributed by atoms with Gasteiger partial charge in [0, 0.05) is 11.2 Å². The van der Waals surface area contributed by atoms with E-state index in [4.69, 9.17) is 20.3 Å². The first-order valence-electron chi connectivity index (χ1n) is 6.83. The average Bonchev–Trinajstić information content (AvgIpc) is 2.38. The maximum Gasteiger partial charge on any atom is 0.476 e. The maximum absolute atomic E-state index is 11.8. The molecule has 1 aromatic carbocycles. The molecule has 19 heavy (non-hydrogen) atoms. The van der Waals surface area contributed by atoms with Crippen molar-refractivity contribution < 1.29 is 13.6 Å². The fourth-order valence-electron chi connectivity index (χ4n) is 1.69. The first kappa shape index (κ1) is 16.6. The Labute approximate surface area is 120 Å². The van der Waals surface area contributed by atoms with Crippen LogP contribution in [0.3, 0.4) is 0 Å². The molecule has 0 N–H and O–H groups in total. The number of halogens is 1. The Morgan fingerprint density at radius 2 is 1.68 bits per heavy atom. The highest BCUT2D eigenvalue weighted by atomic mass is 35.7. The third-order valence-electron chi connectivity index (χ3n) is 2.70. The van der Waals surface area contributed by atoms with Gasteiger partial charge in [0.05, 0.1) is 6.61 Å². The van der Waals surface area contributed by atoms with Gasteiger partial charge < -0.3 is 4.52 Å². The van der Waals surface area contributed by atoms with E-state index in [9.17, 15) is 4.57 Å². The van der Waals surface area contributed by atoms with Crippen LogP contribution in [0.1, 0.15) is 45.4 Å². The standard InChI is InChI=1S/C14H22ClO3P/c1-2-3-4-5-6-10-13-17-19(15,16)18-14-11-8-7-9-12-14/h7-9,11-12H,2-6,10,13H2,1H3. The molecule has 1 aromatic rings. The highest BCUT2D eigenvalue weighted by Gasteiger charge is 2.22. The van der Waals surface area contributed by atoms with Gasteiger partial charge in [-0.15, -0.1) is 0 Å². The summed E-state index contributed by atoms with van der Waals surface area (Å²) in [5, 5.41) is 0. The van der Waals surface area contributed by atoms with Crippen LogP contribution < -0.4 is 4.52 Å². The molecule has 0 saturated heterocycles. The van der Waals surface area contributed by atoms with Crippen LogP contribution in [0, 0.1) is 0 Å². The molecule has 1 rings (SSSR count). The van der Waals surface area contributed by atoms with Crippen LogP contribution in [0.2, 0.25) is 0 Å². The molecule has 5 heteroatoms. The molecule has 0 spiro atoms. The van der Waals surface area contributed by atoms with Gasteiger partial charge in [0.2, 0.25) is 0 Å². The van der Waals surface area contributed by atoms with Gasteiger partial charge >= 0.3 is 6.95 Å². The molecule has 0 amide bonds. The minimum atomic E-state index is -3.50. The van der Waals surface area contributed by atoms with Crippen molar-refractivity contribution in [3.63, 3.8) is 0 Å². The van der Waals surface area contributed by atoms with E-state index in [1.54, 1.807) is 24.3 Å². The summed E-state index contributed by atoms with van der Waals surface area (Å²) in [6.07, 6.45) is 6.87. The summed E-state index contributed by atoms with van der Waals surface area (Å²) in [6.45, 7) is -0.941. The first-order chi connectivity index (χ1) is 9.14. The zero-order valence-corrected chi connectivity index (χ0v) is 13.0. The molecule has 0 aliphatic carbocycles. The fraction of sp³-hybridized carbons (Fsp3) is 0.571. The van der Waals surface area contributed by atoms with E-state index in [-0.39, 0.29) is 0 Å². The van der Waals surface area contributed by atoms with Crippen LogP contribution in [0.25, 0.3) is 0 Å². The highest BCUT2D eigenvalue weighted by Crippen LogP contribution is 2.53. The van der Waals surface area contributed by atoms with Crippen LogP contribution in [-0.2, 0) is 9.09 Å². The number of hydrogen-bond acceptors (Lipinski definition) is 3. The topological polar surface area (TPSA) is 35.5 Å². The first-order valence-corrected chi connectivity index (χ1v) is 9.28. The number of hydrogen-bond donors (Lipinski definition) is 0. The predicted molar refractivity (Wildman–Crippen MR) is 79.9 cm³/mol. The highest BCUT2D eigenvalue weighted by molar-refractivity contribution is 7.81. The van der Waals surface area contributed by atoms with Crippen molar-refractivity contribution in [1.82, 2.24) is 0 Å². The van der Waals surface area contributed by atoms with Gasteiger partial charge in [-0.1, -0.05) is 57.2 Å². The minimum absolute atomic E-state index is 0.375. The van der Waals surface area contributed by atoms with Gasteiger partial charge in [0.25, 0.3) is 0 Å². The molecule has 3 nitrogen and oxygen atoms in total. The van der Waals surface area contributed by atoms with E-state index < -0.39 is 6.95 Å². The number of unbranched alkanes of at least 4 members (excludes halogenated alkanes) is 5. The van der Waals surface area contributed by atoms with Crippen LogP contribution in [0.4, 0.5) is 0 Å². The minimum Gasteiger partial charge on any atom is -0.413 e. The molecule has 108 valence electrons. The molecule has 0 fully saturated rings. The molecule has 0 saturated carbocycles. The van der Waals surface area contributed by atoms with Gasteiger partial charge in [-0.25, -0.2) is 4.57 Å². The predicted octanol–water partition coefficient (Wildman–Crippen LogP) is 5.79. The Morgan fingerprint density at radius 1 is 1.05 bits per heavy atom. The SMILES string of the molecule is CCCCCCCCOP(=O)(Cl)Oc1ccccc1. The van der Waals surface area contributed by atoms with Gasteiger partial charge in [0.15, 0.2) is 0 Å². The second-order valence-electron chi connectivity index (χ2n) is 4.44. The molecule has 0 radical (unpaired) electrons. The smallest absolute Gasteiger partial charge is 0.413 e. The number of rotatable bonds is 10. The molecule has 0 bridgehead atoms. The molecular formula is C14H22ClO3P. The third kappa shape index (κ3) is 8.30. The van der Waals surface area contributed by atoms with Crippen molar-refractivity contribution >= 4 is 18.2 Å². The molecular weight excluding hydrogens is 283 g/mol. The van der Waals surface area contributed by atoms with Gasteiger partial charge in [-0.2, -0.15) is 0 Å². The summed E-state index contributed by atoms with van der Waals surface area (Å²) in [5.74, 6) is 0.462. The second kappa shape index (κ2) is 9.41. The van der Waals surface area contributed by atoms with Crippen molar-refractivity contribution in [2.45, 2.75) is 45.4 Å². The van der Waals surface area contributed by atoms with Crippen LogP contribution >= 0.6 is 18.2 Å². The van der Waals surface area contributed by atoms with Crippen LogP contribution in [0.5, 0.6) is 5.75 Å². The molecule has 0 heterocycles. The lowest BCUT2D eigenvalue weighted by Crippen LogP contribution is -1.95. The van der Waals surface area contributed by atoms with Crippen LogP contribution in [0.15, 0.2) is 30.3 Å². The van der Waals surface area contributed by atoms with Crippen molar-refractivity contribution in [3.8, 4) is 5.75 Å².